The highest BCUT2D eigenvalue weighted by atomic mass is 19.1. The van der Waals surface area contributed by atoms with Crippen molar-refractivity contribution in [3.63, 3.8) is 0 Å². The van der Waals surface area contributed by atoms with Crippen LogP contribution in [0.15, 0.2) is 42.8 Å². The van der Waals surface area contributed by atoms with Crippen molar-refractivity contribution in [2.24, 2.45) is 17.3 Å². The van der Waals surface area contributed by atoms with Crippen LogP contribution in [0.25, 0.3) is 0 Å². The van der Waals surface area contributed by atoms with Gasteiger partial charge in [0.2, 0.25) is 5.91 Å². The van der Waals surface area contributed by atoms with E-state index in [-0.39, 0.29) is 23.2 Å². The highest BCUT2D eigenvalue weighted by Crippen LogP contribution is 2.60. The summed E-state index contributed by atoms with van der Waals surface area (Å²) in [7, 11) is 1.61. The highest BCUT2D eigenvalue weighted by molar-refractivity contribution is 5.94. The molecule has 2 aliphatic carbocycles. The molecule has 3 atom stereocenters. The van der Waals surface area contributed by atoms with Gasteiger partial charge in [0.25, 0.3) is 0 Å². The van der Waals surface area contributed by atoms with E-state index in [0.717, 1.165) is 12.6 Å². The van der Waals surface area contributed by atoms with E-state index in [4.69, 9.17) is 9.47 Å². The summed E-state index contributed by atoms with van der Waals surface area (Å²) in [6.07, 6.45) is 12.6. The molecule has 1 N–H and O–H groups in total. The van der Waals surface area contributed by atoms with Crippen molar-refractivity contribution in [3.05, 3.63) is 65.7 Å². The first-order chi connectivity index (χ1) is 15.4. The van der Waals surface area contributed by atoms with Gasteiger partial charge in [-0.3, -0.25) is 4.79 Å². The van der Waals surface area contributed by atoms with Crippen molar-refractivity contribution in [1.82, 2.24) is 15.0 Å². The summed E-state index contributed by atoms with van der Waals surface area (Å²) in [4.78, 5) is 25.7. The molecular weight excluding hydrogens is 411 g/mol. The van der Waals surface area contributed by atoms with E-state index in [1.807, 2.05) is 19.1 Å². The molecule has 168 valence electrons. The second-order valence-corrected chi connectivity index (χ2v) is 8.40. The largest absolute Gasteiger partial charge is 0.489 e. The maximum Gasteiger partial charge on any atom is 0.229 e. The zero-order valence-electron chi connectivity index (χ0n) is 18.5. The van der Waals surface area contributed by atoms with Gasteiger partial charge in [0.05, 0.1) is 25.6 Å². The average Bonchev–Trinajstić information content (AvgIpc) is 3.53. The molecule has 1 amide bonds. The third kappa shape index (κ3) is 4.55. The minimum atomic E-state index is -0.400. The molecule has 2 aliphatic rings. The summed E-state index contributed by atoms with van der Waals surface area (Å²) in [5.41, 5.74) is 0.767. The minimum Gasteiger partial charge on any atom is -0.489 e. The van der Waals surface area contributed by atoms with Gasteiger partial charge >= 0.3 is 0 Å². The molecule has 2 heterocycles. The number of aromatic nitrogens is 3. The Hall–Kier alpha value is -3.13. The van der Waals surface area contributed by atoms with Gasteiger partial charge < -0.3 is 14.8 Å². The molecule has 1 saturated carbocycles. The van der Waals surface area contributed by atoms with Gasteiger partial charge in [-0.2, -0.15) is 0 Å². The number of nitrogens with one attached hydrogen (secondary N) is 1. The first-order valence-corrected chi connectivity index (χ1v) is 10.6. The number of halogens is 1. The molecule has 4 rings (SSSR count). The summed E-state index contributed by atoms with van der Waals surface area (Å²) in [6, 6.07) is 1.54. The number of hydrogen-bond donors (Lipinski definition) is 1. The molecule has 1 unspecified atom stereocenters. The monoisotopic (exact) mass is 438 g/mol. The SMILES string of the molecule is COCc1nc(C)ncc1OC[C@@]1(C2C=CC=CC2)C[C@H]1C(=O)Nc1cc(C)c(F)cn1. The van der Waals surface area contributed by atoms with E-state index in [2.05, 4.69) is 32.4 Å². The summed E-state index contributed by atoms with van der Waals surface area (Å²) >= 11 is 0. The number of allylic oxidation sites excluding steroid dienone is 4. The zero-order chi connectivity index (χ0) is 22.7. The van der Waals surface area contributed by atoms with Crippen LogP contribution in [0.1, 0.15) is 29.9 Å². The fraction of sp³-hybridized carbons (Fsp3) is 0.417. The Bertz CT molecular complexity index is 1070. The van der Waals surface area contributed by atoms with E-state index in [1.165, 1.54) is 6.07 Å². The van der Waals surface area contributed by atoms with Crippen LogP contribution in [0.2, 0.25) is 0 Å². The predicted molar refractivity (Wildman–Crippen MR) is 117 cm³/mol. The smallest absolute Gasteiger partial charge is 0.229 e. The normalized spacial score (nSPS) is 23.8. The zero-order valence-corrected chi connectivity index (χ0v) is 18.5. The van der Waals surface area contributed by atoms with Gasteiger partial charge in [-0.1, -0.05) is 24.3 Å². The number of hydrogen-bond acceptors (Lipinski definition) is 6. The average molecular weight is 439 g/mol. The third-order valence-electron chi connectivity index (χ3n) is 6.18. The van der Waals surface area contributed by atoms with Gasteiger partial charge in [-0.15, -0.1) is 0 Å². The lowest BCUT2D eigenvalue weighted by molar-refractivity contribution is -0.118. The van der Waals surface area contributed by atoms with Gasteiger partial charge in [0.1, 0.15) is 23.2 Å². The number of anilines is 1. The highest BCUT2D eigenvalue weighted by Gasteiger charge is 2.62. The molecule has 32 heavy (non-hydrogen) atoms. The number of amides is 1. The van der Waals surface area contributed by atoms with Crippen LogP contribution >= 0.6 is 0 Å². The molecular formula is C24H27FN4O3. The number of ether oxygens (including phenoxy) is 2. The molecule has 7 nitrogen and oxygen atoms in total. The molecule has 0 radical (unpaired) electrons. The molecule has 0 saturated heterocycles. The van der Waals surface area contributed by atoms with Crippen molar-refractivity contribution in [2.45, 2.75) is 33.3 Å². The molecule has 2 aromatic rings. The fourth-order valence-corrected chi connectivity index (χ4v) is 4.26. The van der Waals surface area contributed by atoms with Crippen molar-refractivity contribution in [1.29, 1.82) is 0 Å². The maximum atomic E-state index is 13.5. The number of carbonyl (C=O) groups is 1. The number of methoxy groups -OCH3 is 1. The first-order valence-electron chi connectivity index (χ1n) is 10.6. The Balaban J connectivity index is 1.52. The Labute approximate surface area is 186 Å². The number of rotatable bonds is 8. The quantitative estimate of drug-likeness (QED) is 0.672. The molecule has 8 heteroatoms. The second-order valence-electron chi connectivity index (χ2n) is 8.40. The van der Waals surface area contributed by atoms with Gasteiger partial charge in [0, 0.05) is 18.4 Å². The Morgan fingerprint density at radius 1 is 1.28 bits per heavy atom. The topological polar surface area (TPSA) is 86.2 Å². The van der Waals surface area contributed by atoms with Crippen LogP contribution in [0.4, 0.5) is 10.2 Å². The van der Waals surface area contributed by atoms with Crippen molar-refractivity contribution in [2.75, 3.05) is 19.0 Å². The van der Waals surface area contributed by atoms with E-state index >= 15 is 0 Å². The van der Waals surface area contributed by atoms with Crippen molar-refractivity contribution < 1.29 is 18.7 Å². The van der Waals surface area contributed by atoms with Crippen molar-refractivity contribution >= 4 is 11.7 Å². The standard InChI is InChI=1S/C24H27FN4O3/c1-15-9-22(27-11-19(15)25)29-23(30)18-10-24(18,17-7-5-4-6-8-17)14-32-21-12-26-16(2)28-20(21)13-31-3/h4-7,9,11-12,17-18H,8,10,13-14H2,1-3H3,(H,27,29,30)/t17?,18-,24+/m0/s1. The van der Waals surface area contributed by atoms with E-state index < -0.39 is 5.82 Å². The molecule has 1 fully saturated rings. The van der Waals surface area contributed by atoms with E-state index in [9.17, 15) is 9.18 Å². The minimum absolute atomic E-state index is 0.132. The molecule has 0 aliphatic heterocycles. The maximum absolute atomic E-state index is 13.5. The van der Waals surface area contributed by atoms with E-state index in [0.29, 0.717) is 48.3 Å². The summed E-state index contributed by atoms with van der Waals surface area (Å²) in [5.74, 6) is 0.954. The summed E-state index contributed by atoms with van der Waals surface area (Å²) in [6.45, 7) is 4.13. The molecule has 2 aromatic heterocycles. The summed E-state index contributed by atoms with van der Waals surface area (Å²) in [5, 5.41) is 2.84. The van der Waals surface area contributed by atoms with Gasteiger partial charge in [-0.25, -0.2) is 19.3 Å². The number of carbonyl (C=O) groups excluding carboxylic acids is 1. The first kappa shape index (κ1) is 22.1. The summed E-state index contributed by atoms with van der Waals surface area (Å²) < 4.78 is 24.9. The lowest BCUT2D eigenvalue weighted by Gasteiger charge is -2.26. The lowest BCUT2D eigenvalue weighted by Crippen LogP contribution is -2.29. The van der Waals surface area contributed by atoms with Crippen LogP contribution in [0.3, 0.4) is 0 Å². The number of aryl methyl sites for hydroxylation is 2. The fourth-order valence-electron chi connectivity index (χ4n) is 4.26. The third-order valence-corrected chi connectivity index (χ3v) is 6.18. The van der Waals surface area contributed by atoms with Gasteiger partial charge in [-0.05, 0) is 44.2 Å². The Kier molecular flexibility index (Phi) is 6.32. The number of nitrogens with zero attached hydrogens (tertiary/aromatic N) is 3. The molecule has 0 bridgehead atoms. The molecule has 0 spiro atoms. The van der Waals surface area contributed by atoms with Crippen LogP contribution in [-0.2, 0) is 16.1 Å². The van der Waals surface area contributed by atoms with E-state index in [1.54, 1.807) is 20.2 Å². The van der Waals surface area contributed by atoms with Gasteiger partial charge in [0.15, 0.2) is 5.75 Å². The van der Waals surface area contributed by atoms with Crippen LogP contribution in [0.5, 0.6) is 5.75 Å². The predicted octanol–water partition coefficient (Wildman–Crippen LogP) is 3.93. The number of pyridine rings is 1. The van der Waals surface area contributed by atoms with Crippen LogP contribution < -0.4 is 10.1 Å². The molecule has 0 aromatic carbocycles. The Morgan fingerprint density at radius 3 is 2.84 bits per heavy atom. The van der Waals surface area contributed by atoms with Crippen molar-refractivity contribution in [3.8, 4) is 5.75 Å². The lowest BCUT2D eigenvalue weighted by atomic mass is 9.82. The van der Waals surface area contributed by atoms with Crippen LogP contribution in [0, 0.1) is 36.9 Å². The second kappa shape index (κ2) is 9.16. The Morgan fingerprint density at radius 2 is 2.12 bits per heavy atom. The van der Waals surface area contributed by atoms with Crippen LogP contribution in [-0.4, -0.2) is 34.6 Å².